The molecule has 2 unspecified atom stereocenters. The maximum absolute atomic E-state index is 13.5. The zero-order valence-electron chi connectivity index (χ0n) is 10.5. The van der Waals surface area contributed by atoms with Crippen LogP contribution in [0.15, 0.2) is 18.2 Å². The molecule has 0 saturated carbocycles. The number of hydrogen-bond acceptors (Lipinski definition) is 2. The number of piperidine rings is 1. The molecule has 3 rings (SSSR count). The molecule has 2 aliphatic heterocycles. The molecule has 2 atom stereocenters. The minimum atomic E-state index is -0.548. The quantitative estimate of drug-likeness (QED) is 0.860. The van der Waals surface area contributed by atoms with Gasteiger partial charge in [-0.05, 0) is 37.8 Å². The molecule has 1 aromatic rings. The Bertz CT molecular complexity index is 508. The summed E-state index contributed by atoms with van der Waals surface area (Å²) in [7, 11) is 0. The van der Waals surface area contributed by atoms with Gasteiger partial charge in [-0.15, -0.1) is 0 Å². The van der Waals surface area contributed by atoms with Gasteiger partial charge < -0.3 is 10.6 Å². The van der Waals surface area contributed by atoms with E-state index in [0.717, 1.165) is 25.7 Å². The van der Waals surface area contributed by atoms with Crippen molar-refractivity contribution in [3.8, 4) is 0 Å². The number of carbonyl (C=O) groups is 1. The molecule has 2 heterocycles. The first-order valence-electron chi connectivity index (χ1n) is 6.60. The number of fused-ring (bicyclic) bond motifs is 2. The van der Waals surface area contributed by atoms with Crippen molar-refractivity contribution in [1.82, 2.24) is 4.90 Å². The number of carbonyl (C=O) groups excluding carboxylic acids is 1. The van der Waals surface area contributed by atoms with Crippen molar-refractivity contribution in [2.45, 2.75) is 43.8 Å². The zero-order chi connectivity index (χ0) is 13.6. The lowest BCUT2D eigenvalue weighted by molar-refractivity contribution is 0.0575. The van der Waals surface area contributed by atoms with E-state index < -0.39 is 5.82 Å². The van der Waals surface area contributed by atoms with Crippen LogP contribution in [0.4, 0.5) is 4.39 Å². The van der Waals surface area contributed by atoms with Crippen LogP contribution in [-0.4, -0.2) is 28.9 Å². The van der Waals surface area contributed by atoms with Gasteiger partial charge in [-0.2, -0.15) is 0 Å². The third-order valence-electron chi connectivity index (χ3n) is 4.19. The van der Waals surface area contributed by atoms with Gasteiger partial charge in [0, 0.05) is 18.1 Å². The molecule has 0 radical (unpaired) electrons. The molecule has 19 heavy (non-hydrogen) atoms. The summed E-state index contributed by atoms with van der Waals surface area (Å²) in [5, 5.41) is -0.0817. The number of nitrogens with two attached hydrogens (primary N) is 1. The summed E-state index contributed by atoms with van der Waals surface area (Å²) < 4.78 is 13.5. The van der Waals surface area contributed by atoms with Crippen molar-refractivity contribution >= 4 is 17.5 Å². The van der Waals surface area contributed by atoms with Crippen molar-refractivity contribution < 1.29 is 9.18 Å². The highest BCUT2D eigenvalue weighted by atomic mass is 35.5. The monoisotopic (exact) mass is 282 g/mol. The first kappa shape index (κ1) is 12.9. The maximum atomic E-state index is 13.5. The van der Waals surface area contributed by atoms with Gasteiger partial charge in [0.25, 0.3) is 5.91 Å². The molecule has 102 valence electrons. The third kappa shape index (κ3) is 2.13. The third-order valence-corrected chi connectivity index (χ3v) is 4.57. The predicted molar refractivity (Wildman–Crippen MR) is 71.6 cm³/mol. The number of nitrogens with zero attached hydrogens (tertiary/aromatic N) is 1. The van der Waals surface area contributed by atoms with E-state index in [2.05, 4.69) is 0 Å². The average Bonchev–Trinajstić information content (AvgIpc) is 2.64. The molecule has 0 aliphatic carbocycles. The predicted octanol–water partition coefficient (Wildman–Crippen LogP) is 2.57. The van der Waals surface area contributed by atoms with Crippen LogP contribution >= 0.6 is 11.6 Å². The molecule has 5 heteroatoms. The van der Waals surface area contributed by atoms with Gasteiger partial charge >= 0.3 is 0 Å². The van der Waals surface area contributed by atoms with Gasteiger partial charge in [0.2, 0.25) is 0 Å². The fraction of sp³-hybridized carbons (Fsp3) is 0.500. The Morgan fingerprint density at radius 3 is 2.58 bits per heavy atom. The summed E-state index contributed by atoms with van der Waals surface area (Å²) in [6.45, 7) is 0. The van der Waals surface area contributed by atoms with Crippen LogP contribution in [0, 0.1) is 5.82 Å². The Balaban J connectivity index is 1.91. The second-order valence-corrected chi connectivity index (χ2v) is 5.81. The zero-order valence-corrected chi connectivity index (χ0v) is 11.2. The van der Waals surface area contributed by atoms with Crippen LogP contribution in [0.1, 0.15) is 36.0 Å². The molecule has 2 fully saturated rings. The molecule has 0 aromatic heterocycles. The largest absolute Gasteiger partial charge is 0.333 e. The van der Waals surface area contributed by atoms with Crippen LogP contribution in [0.5, 0.6) is 0 Å². The molecular formula is C14H16ClFN2O. The molecule has 3 nitrogen and oxygen atoms in total. The molecule has 2 bridgehead atoms. The van der Waals surface area contributed by atoms with Crippen LogP contribution in [0.25, 0.3) is 0 Å². The van der Waals surface area contributed by atoms with Gasteiger partial charge in [-0.1, -0.05) is 17.7 Å². The van der Waals surface area contributed by atoms with E-state index in [9.17, 15) is 9.18 Å². The van der Waals surface area contributed by atoms with Gasteiger partial charge in [0.1, 0.15) is 5.82 Å². The van der Waals surface area contributed by atoms with Crippen molar-refractivity contribution in [3.63, 3.8) is 0 Å². The summed E-state index contributed by atoms with van der Waals surface area (Å²) in [6, 6.07) is 4.90. The molecule has 2 N–H and O–H groups in total. The van der Waals surface area contributed by atoms with E-state index in [0.29, 0.717) is 0 Å². The first-order chi connectivity index (χ1) is 9.08. The topological polar surface area (TPSA) is 46.3 Å². The number of hydrogen-bond donors (Lipinski definition) is 1. The Morgan fingerprint density at radius 2 is 1.95 bits per heavy atom. The Hall–Kier alpha value is -1.13. The summed E-state index contributed by atoms with van der Waals surface area (Å²) in [5.74, 6) is -0.711. The SMILES string of the molecule is NC1CC2CCC(C1)N2C(=O)c1cccc(F)c1Cl. The Morgan fingerprint density at radius 1 is 1.32 bits per heavy atom. The minimum absolute atomic E-state index is 0.0817. The van der Waals surface area contributed by atoms with E-state index in [4.69, 9.17) is 17.3 Å². The number of amides is 1. The van der Waals surface area contributed by atoms with Gasteiger partial charge in [-0.25, -0.2) is 4.39 Å². The second-order valence-electron chi connectivity index (χ2n) is 5.43. The molecule has 1 aromatic carbocycles. The van der Waals surface area contributed by atoms with Crippen molar-refractivity contribution in [3.05, 3.63) is 34.6 Å². The van der Waals surface area contributed by atoms with Gasteiger partial charge in [0.15, 0.2) is 0 Å². The van der Waals surface area contributed by atoms with Crippen LogP contribution in [0.3, 0.4) is 0 Å². The standard InChI is InChI=1S/C14H16ClFN2O/c15-13-11(2-1-3-12(13)16)14(19)18-9-4-5-10(18)7-8(17)6-9/h1-3,8-10H,4-7,17H2. The summed E-state index contributed by atoms with van der Waals surface area (Å²) in [5.41, 5.74) is 6.24. The normalized spacial score (nSPS) is 29.6. The lowest BCUT2D eigenvalue weighted by Crippen LogP contribution is -2.50. The number of halogens is 2. The van der Waals surface area contributed by atoms with E-state index in [1.54, 1.807) is 6.07 Å². The van der Waals surface area contributed by atoms with E-state index in [1.165, 1.54) is 12.1 Å². The van der Waals surface area contributed by atoms with Gasteiger partial charge in [-0.3, -0.25) is 4.79 Å². The molecule has 1 amide bonds. The van der Waals surface area contributed by atoms with E-state index >= 15 is 0 Å². The number of rotatable bonds is 1. The van der Waals surface area contributed by atoms with Crippen molar-refractivity contribution in [2.75, 3.05) is 0 Å². The van der Waals surface area contributed by atoms with Crippen LogP contribution in [0.2, 0.25) is 5.02 Å². The van der Waals surface area contributed by atoms with E-state index in [1.807, 2.05) is 4.90 Å². The molecule has 2 saturated heterocycles. The maximum Gasteiger partial charge on any atom is 0.255 e. The second kappa shape index (κ2) is 4.76. The lowest BCUT2D eigenvalue weighted by atomic mass is 9.97. The van der Waals surface area contributed by atoms with Crippen molar-refractivity contribution in [1.29, 1.82) is 0 Å². The van der Waals surface area contributed by atoms with Crippen LogP contribution in [-0.2, 0) is 0 Å². The van der Waals surface area contributed by atoms with Crippen molar-refractivity contribution in [2.24, 2.45) is 5.73 Å². The smallest absolute Gasteiger partial charge is 0.255 e. The fourth-order valence-corrected chi connectivity index (χ4v) is 3.57. The molecule has 2 aliphatic rings. The van der Waals surface area contributed by atoms with Crippen LogP contribution < -0.4 is 5.73 Å². The summed E-state index contributed by atoms with van der Waals surface area (Å²) in [4.78, 5) is 14.4. The Kier molecular flexibility index (Phi) is 3.23. The lowest BCUT2D eigenvalue weighted by Gasteiger charge is -2.37. The number of benzene rings is 1. The highest BCUT2D eigenvalue weighted by Crippen LogP contribution is 2.37. The minimum Gasteiger partial charge on any atom is -0.333 e. The fourth-order valence-electron chi connectivity index (χ4n) is 3.36. The Labute approximate surface area is 116 Å². The van der Waals surface area contributed by atoms with Gasteiger partial charge in [0.05, 0.1) is 10.6 Å². The summed E-state index contributed by atoms with van der Waals surface area (Å²) in [6.07, 6.45) is 3.62. The highest BCUT2D eigenvalue weighted by molar-refractivity contribution is 6.34. The average molecular weight is 283 g/mol. The molecule has 0 spiro atoms. The summed E-state index contributed by atoms with van der Waals surface area (Å²) >= 11 is 5.90. The van der Waals surface area contributed by atoms with E-state index in [-0.39, 0.29) is 34.6 Å². The first-order valence-corrected chi connectivity index (χ1v) is 6.98. The highest BCUT2D eigenvalue weighted by Gasteiger charge is 2.42. The molecular weight excluding hydrogens is 267 g/mol.